The monoisotopic (exact) mass is 492 g/mol. The Kier molecular flexibility index (Phi) is 10.8. The summed E-state index contributed by atoms with van der Waals surface area (Å²) in [6.45, 7) is 3.56. The number of benzene rings is 1. The first-order chi connectivity index (χ1) is 17.0. The molecule has 4 amide bonds. The lowest BCUT2D eigenvalue weighted by Crippen LogP contribution is -2.54. The molecule has 11 nitrogen and oxygen atoms in total. The maximum atomic E-state index is 12.9. The standard InChI is InChI=1S/C24H32N2O9/c27-7-9-33-11-13-35-15-14-34-12-10-32-8-1-2-17-3-4-18-19(16-17)24(31)26(23(18)30)20-5-6-21(28)25-22(20)29/h3-4,16,20,27H,1-2,5-15H2,(H,25,28,29). The van der Waals surface area contributed by atoms with Crippen LogP contribution in [0.2, 0.25) is 0 Å². The second-order valence-electron chi connectivity index (χ2n) is 8.10. The molecule has 11 heteroatoms. The highest BCUT2D eigenvalue weighted by Crippen LogP contribution is 2.28. The van der Waals surface area contributed by atoms with Gasteiger partial charge in [0.2, 0.25) is 11.8 Å². The van der Waals surface area contributed by atoms with Gasteiger partial charge in [0.1, 0.15) is 6.04 Å². The van der Waals surface area contributed by atoms with Crippen molar-refractivity contribution in [3.63, 3.8) is 0 Å². The Hall–Kier alpha value is -2.70. The summed E-state index contributed by atoms with van der Waals surface area (Å²) >= 11 is 0. The van der Waals surface area contributed by atoms with Crippen molar-refractivity contribution in [2.24, 2.45) is 0 Å². The lowest BCUT2D eigenvalue weighted by Gasteiger charge is -2.27. The lowest BCUT2D eigenvalue weighted by atomic mass is 10.0. The van der Waals surface area contributed by atoms with Gasteiger partial charge in [0.05, 0.1) is 64.0 Å². The van der Waals surface area contributed by atoms with Crippen LogP contribution in [0.4, 0.5) is 0 Å². The van der Waals surface area contributed by atoms with Crippen LogP contribution in [-0.2, 0) is 35.0 Å². The van der Waals surface area contributed by atoms with Crippen LogP contribution in [0.3, 0.4) is 0 Å². The predicted octanol–water partition coefficient (Wildman–Crippen LogP) is 0.0791. The Bertz CT molecular complexity index is 905. The first kappa shape index (κ1) is 26.9. The number of nitrogens with one attached hydrogen (secondary N) is 1. The molecule has 1 unspecified atom stereocenters. The maximum absolute atomic E-state index is 12.9. The van der Waals surface area contributed by atoms with E-state index in [1.807, 2.05) is 0 Å². The Morgan fingerprint density at radius 1 is 0.829 bits per heavy atom. The van der Waals surface area contributed by atoms with E-state index in [1.54, 1.807) is 18.2 Å². The van der Waals surface area contributed by atoms with Gasteiger partial charge in [-0.3, -0.25) is 29.4 Å². The van der Waals surface area contributed by atoms with Gasteiger partial charge in [-0.25, -0.2) is 0 Å². The minimum absolute atomic E-state index is 0.00232. The Morgan fingerprint density at radius 3 is 2.06 bits per heavy atom. The molecule has 3 rings (SSSR count). The van der Waals surface area contributed by atoms with Crippen molar-refractivity contribution < 1.29 is 43.2 Å². The number of fused-ring (bicyclic) bond motifs is 1. The minimum Gasteiger partial charge on any atom is -0.394 e. The van der Waals surface area contributed by atoms with Crippen molar-refractivity contribution in [2.45, 2.75) is 31.7 Å². The van der Waals surface area contributed by atoms with Gasteiger partial charge in [-0.2, -0.15) is 0 Å². The van der Waals surface area contributed by atoms with Crippen LogP contribution in [0.25, 0.3) is 0 Å². The molecule has 0 aromatic heterocycles. The number of carbonyl (C=O) groups is 4. The fourth-order valence-electron chi connectivity index (χ4n) is 3.88. The summed E-state index contributed by atoms with van der Waals surface area (Å²) in [6.07, 6.45) is 1.63. The van der Waals surface area contributed by atoms with Crippen LogP contribution < -0.4 is 5.32 Å². The summed E-state index contributed by atoms with van der Waals surface area (Å²) < 4.78 is 21.4. The highest BCUT2D eigenvalue weighted by molar-refractivity contribution is 6.23. The number of nitrogens with zero attached hydrogens (tertiary/aromatic N) is 1. The largest absolute Gasteiger partial charge is 0.394 e. The molecule has 1 atom stereocenters. The number of imide groups is 2. The van der Waals surface area contributed by atoms with Gasteiger partial charge < -0.3 is 24.1 Å². The quantitative estimate of drug-likeness (QED) is 0.242. The van der Waals surface area contributed by atoms with Gasteiger partial charge in [0.25, 0.3) is 11.8 Å². The molecule has 0 spiro atoms. The number of ether oxygens (including phenoxy) is 4. The van der Waals surface area contributed by atoms with E-state index >= 15 is 0 Å². The van der Waals surface area contributed by atoms with E-state index in [1.165, 1.54) is 0 Å². The molecule has 2 N–H and O–H groups in total. The molecule has 2 aliphatic heterocycles. The van der Waals surface area contributed by atoms with Crippen LogP contribution in [0.5, 0.6) is 0 Å². The third kappa shape index (κ3) is 7.64. The fourth-order valence-corrected chi connectivity index (χ4v) is 3.88. The van der Waals surface area contributed by atoms with E-state index in [9.17, 15) is 19.2 Å². The SMILES string of the molecule is O=C1CCC(N2C(=O)c3ccc(CCCOCCOCCOCCOCCO)cc3C2=O)C(=O)N1. The summed E-state index contributed by atoms with van der Waals surface area (Å²) in [5.41, 5.74) is 1.46. The minimum atomic E-state index is -0.961. The Morgan fingerprint density at radius 2 is 1.43 bits per heavy atom. The van der Waals surface area contributed by atoms with Crippen molar-refractivity contribution in [2.75, 3.05) is 59.5 Å². The van der Waals surface area contributed by atoms with Gasteiger partial charge in [-0.1, -0.05) is 6.07 Å². The zero-order valence-electron chi connectivity index (χ0n) is 19.7. The van der Waals surface area contributed by atoms with E-state index in [0.717, 1.165) is 16.9 Å². The van der Waals surface area contributed by atoms with Crippen molar-refractivity contribution in [3.05, 3.63) is 34.9 Å². The second-order valence-corrected chi connectivity index (χ2v) is 8.10. The number of carbonyl (C=O) groups excluding carboxylic acids is 4. The number of hydrogen-bond acceptors (Lipinski definition) is 9. The molecule has 2 aliphatic rings. The van der Waals surface area contributed by atoms with Crippen LogP contribution in [0.1, 0.15) is 45.5 Å². The number of piperidine rings is 1. The second kappa shape index (κ2) is 14.0. The normalized spacial score (nSPS) is 17.7. The number of aliphatic hydroxyl groups excluding tert-OH is 1. The van der Waals surface area contributed by atoms with Crippen molar-refractivity contribution in [1.29, 1.82) is 0 Å². The highest BCUT2D eigenvalue weighted by atomic mass is 16.6. The van der Waals surface area contributed by atoms with Crippen molar-refractivity contribution >= 4 is 23.6 Å². The molecule has 192 valence electrons. The highest BCUT2D eigenvalue weighted by Gasteiger charge is 2.44. The lowest BCUT2D eigenvalue weighted by molar-refractivity contribution is -0.136. The van der Waals surface area contributed by atoms with E-state index in [2.05, 4.69) is 5.32 Å². The van der Waals surface area contributed by atoms with Crippen LogP contribution in [0, 0.1) is 0 Å². The number of amides is 4. The molecule has 35 heavy (non-hydrogen) atoms. The van der Waals surface area contributed by atoms with Crippen LogP contribution >= 0.6 is 0 Å². The van der Waals surface area contributed by atoms with Gasteiger partial charge in [-0.15, -0.1) is 0 Å². The number of aryl methyl sites for hydroxylation is 1. The summed E-state index contributed by atoms with van der Waals surface area (Å²) in [5, 5.41) is 10.8. The molecule has 1 fully saturated rings. The zero-order valence-corrected chi connectivity index (χ0v) is 19.7. The molecule has 1 aromatic carbocycles. The molecular formula is C24H32N2O9. The number of hydrogen-bond donors (Lipinski definition) is 2. The molecule has 0 saturated carbocycles. The van der Waals surface area contributed by atoms with Gasteiger partial charge in [0.15, 0.2) is 0 Å². The Balaban J connectivity index is 1.31. The third-order valence-electron chi connectivity index (χ3n) is 5.61. The summed E-state index contributed by atoms with van der Waals surface area (Å²) in [5.74, 6) is -2.02. The van der Waals surface area contributed by atoms with Gasteiger partial charge in [-0.05, 0) is 37.0 Å². The molecule has 1 saturated heterocycles. The first-order valence-corrected chi connectivity index (χ1v) is 11.8. The smallest absolute Gasteiger partial charge is 0.262 e. The van der Waals surface area contributed by atoms with Gasteiger partial charge >= 0.3 is 0 Å². The molecule has 0 bridgehead atoms. The summed E-state index contributed by atoms with van der Waals surface area (Å²) in [6, 6.07) is 4.15. The number of aliphatic hydroxyl groups is 1. The van der Waals surface area contributed by atoms with E-state index < -0.39 is 29.7 Å². The molecular weight excluding hydrogens is 460 g/mol. The van der Waals surface area contributed by atoms with Crippen LogP contribution in [-0.4, -0.2) is 99.1 Å². The molecule has 1 aromatic rings. The van der Waals surface area contributed by atoms with E-state index in [4.69, 9.17) is 24.1 Å². The summed E-state index contributed by atoms with van der Waals surface area (Å²) in [7, 11) is 0. The fraction of sp³-hybridized carbons (Fsp3) is 0.583. The Labute approximate surface area is 203 Å². The molecule has 0 radical (unpaired) electrons. The maximum Gasteiger partial charge on any atom is 0.262 e. The predicted molar refractivity (Wildman–Crippen MR) is 122 cm³/mol. The number of rotatable bonds is 16. The third-order valence-corrected chi connectivity index (χ3v) is 5.61. The first-order valence-electron chi connectivity index (χ1n) is 11.8. The average molecular weight is 493 g/mol. The zero-order chi connectivity index (χ0) is 25.0. The van der Waals surface area contributed by atoms with E-state index in [0.29, 0.717) is 59.3 Å². The average Bonchev–Trinajstić information content (AvgIpc) is 3.09. The molecule has 0 aliphatic carbocycles. The molecule has 2 heterocycles. The topological polar surface area (TPSA) is 141 Å². The summed E-state index contributed by atoms with van der Waals surface area (Å²) in [4.78, 5) is 50.1. The van der Waals surface area contributed by atoms with E-state index in [-0.39, 0.29) is 30.6 Å². The van der Waals surface area contributed by atoms with Crippen molar-refractivity contribution in [3.8, 4) is 0 Å². The van der Waals surface area contributed by atoms with Gasteiger partial charge in [0, 0.05) is 13.0 Å². The van der Waals surface area contributed by atoms with Crippen molar-refractivity contribution in [1.82, 2.24) is 10.2 Å². The van der Waals surface area contributed by atoms with Crippen LogP contribution in [0.15, 0.2) is 18.2 Å².